The molecule has 3 amide bonds. The van der Waals surface area contributed by atoms with Crippen LogP contribution >= 0.6 is 0 Å². The number of para-hydroxylation sites is 1. The van der Waals surface area contributed by atoms with Crippen molar-refractivity contribution in [1.82, 2.24) is 14.7 Å². The van der Waals surface area contributed by atoms with Gasteiger partial charge in [0.25, 0.3) is 5.91 Å². The SMILES string of the molecule is CN(Cc1ccccc1NC(=O)N1CCN(C(=O)[C@@H]2CCCO2)CC1)C1CCCCC1. The van der Waals surface area contributed by atoms with E-state index in [2.05, 4.69) is 23.3 Å². The molecule has 4 rings (SSSR count). The number of amides is 3. The molecular formula is C24H36N4O3. The lowest BCUT2D eigenvalue weighted by atomic mass is 9.94. The van der Waals surface area contributed by atoms with Crippen LogP contribution in [0.1, 0.15) is 50.5 Å². The average Bonchev–Trinajstić information content (AvgIpc) is 3.35. The van der Waals surface area contributed by atoms with Crippen LogP contribution in [-0.4, -0.2) is 78.6 Å². The van der Waals surface area contributed by atoms with Gasteiger partial charge in [0.1, 0.15) is 6.10 Å². The second kappa shape index (κ2) is 10.5. The molecule has 1 aromatic carbocycles. The molecule has 1 saturated carbocycles. The van der Waals surface area contributed by atoms with E-state index >= 15 is 0 Å². The number of benzene rings is 1. The summed E-state index contributed by atoms with van der Waals surface area (Å²) < 4.78 is 5.52. The normalized spacial score (nSPS) is 22.7. The van der Waals surface area contributed by atoms with Crippen LogP contribution < -0.4 is 5.32 Å². The van der Waals surface area contributed by atoms with Crippen molar-refractivity contribution in [1.29, 1.82) is 0 Å². The Labute approximate surface area is 185 Å². The maximum atomic E-state index is 12.9. The fourth-order valence-electron chi connectivity index (χ4n) is 5.00. The van der Waals surface area contributed by atoms with Crippen LogP contribution in [0.4, 0.5) is 10.5 Å². The van der Waals surface area contributed by atoms with Crippen LogP contribution in [-0.2, 0) is 16.1 Å². The minimum Gasteiger partial charge on any atom is -0.368 e. The van der Waals surface area contributed by atoms with Crippen molar-refractivity contribution >= 4 is 17.6 Å². The molecule has 1 aliphatic carbocycles. The molecule has 1 N–H and O–H groups in total. The van der Waals surface area contributed by atoms with Gasteiger partial charge in [0.2, 0.25) is 0 Å². The third-order valence-electron chi connectivity index (χ3n) is 6.96. The average molecular weight is 429 g/mol. The summed E-state index contributed by atoms with van der Waals surface area (Å²) in [7, 11) is 2.19. The first-order valence-corrected chi connectivity index (χ1v) is 11.9. The lowest BCUT2D eigenvalue weighted by Gasteiger charge is -2.36. The highest BCUT2D eigenvalue weighted by molar-refractivity contribution is 5.90. The summed E-state index contributed by atoms with van der Waals surface area (Å²) in [5.74, 6) is 0.0775. The highest BCUT2D eigenvalue weighted by atomic mass is 16.5. The Hall–Kier alpha value is -2.12. The van der Waals surface area contributed by atoms with Gasteiger partial charge in [0.15, 0.2) is 0 Å². The van der Waals surface area contributed by atoms with Crippen molar-refractivity contribution in [2.45, 2.75) is 63.6 Å². The van der Waals surface area contributed by atoms with E-state index in [4.69, 9.17) is 4.74 Å². The highest BCUT2D eigenvalue weighted by Crippen LogP contribution is 2.25. The van der Waals surface area contributed by atoms with E-state index in [1.807, 2.05) is 23.1 Å². The van der Waals surface area contributed by atoms with Crippen molar-refractivity contribution in [3.63, 3.8) is 0 Å². The summed E-state index contributed by atoms with van der Waals surface area (Å²) in [5.41, 5.74) is 2.03. The van der Waals surface area contributed by atoms with Crippen LogP contribution in [0.15, 0.2) is 24.3 Å². The monoisotopic (exact) mass is 428 g/mol. The van der Waals surface area contributed by atoms with Crippen molar-refractivity contribution in [3.8, 4) is 0 Å². The topological polar surface area (TPSA) is 65.1 Å². The van der Waals surface area contributed by atoms with Crippen LogP contribution in [0.25, 0.3) is 0 Å². The number of nitrogens with zero attached hydrogens (tertiary/aromatic N) is 3. The number of carbonyl (C=O) groups is 2. The number of hydrogen-bond acceptors (Lipinski definition) is 4. The molecule has 2 heterocycles. The Morgan fingerprint density at radius 1 is 1.00 bits per heavy atom. The van der Waals surface area contributed by atoms with E-state index in [9.17, 15) is 9.59 Å². The third-order valence-corrected chi connectivity index (χ3v) is 6.96. The number of anilines is 1. The van der Waals surface area contributed by atoms with Crippen molar-refractivity contribution in [2.24, 2.45) is 0 Å². The molecule has 3 fully saturated rings. The number of rotatable bonds is 5. The zero-order valence-corrected chi connectivity index (χ0v) is 18.7. The van der Waals surface area contributed by atoms with Crippen molar-refractivity contribution in [2.75, 3.05) is 45.2 Å². The first-order valence-electron chi connectivity index (χ1n) is 11.9. The first kappa shape index (κ1) is 22.1. The number of piperazine rings is 1. The van der Waals surface area contributed by atoms with E-state index < -0.39 is 0 Å². The minimum atomic E-state index is -0.284. The molecule has 1 aromatic rings. The van der Waals surface area contributed by atoms with Crippen LogP contribution in [0.5, 0.6) is 0 Å². The number of hydrogen-bond donors (Lipinski definition) is 1. The molecule has 0 bridgehead atoms. The van der Waals surface area contributed by atoms with E-state index in [1.54, 1.807) is 4.90 Å². The smallest absolute Gasteiger partial charge is 0.321 e. The van der Waals surface area contributed by atoms with Gasteiger partial charge in [-0.1, -0.05) is 37.5 Å². The largest absolute Gasteiger partial charge is 0.368 e. The quantitative estimate of drug-likeness (QED) is 0.782. The summed E-state index contributed by atoms with van der Waals surface area (Å²) in [6, 6.07) is 8.64. The predicted molar refractivity (Wildman–Crippen MR) is 121 cm³/mol. The molecule has 0 unspecified atom stereocenters. The van der Waals surface area contributed by atoms with E-state index in [1.165, 1.54) is 32.1 Å². The summed E-state index contributed by atoms with van der Waals surface area (Å²) in [5, 5.41) is 3.12. The van der Waals surface area contributed by atoms with Crippen LogP contribution in [0.3, 0.4) is 0 Å². The Morgan fingerprint density at radius 2 is 1.71 bits per heavy atom. The Bertz CT molecular complexity index is 751. The fourth-order valence-corrected chi connectivity index (χ4v) is 5.00. The van der Waals surface area contributed by atoms with E-state index in [0.29, 0.717) is 38.8 Å². The van der Waals surface area contributed by atoms with Gasteiger partial charge in [-0.15, -0.1) is 0 Å². The first-order chi connectivity index (χ1) is 15.1. The van der Waals surface area contributed by atoms with Gasteiger partial charge < -0.3 is 19.9 Å². The Kier molecular flexibility index (Phi) is 7.45. The van der Waals surface area contributed by atoms with E-state index in [-0.39, 0.29) is 18.0 Å². The predicted octanol–water partition coefficient (Wildman–Crippen LogP) is 3.31. The number of urea groups is 1. The van der Waals surface area contributed by atoms with Gasteiger partial charge in [-0.25, -0.2) is 4.79 Å². The second-order valence-electron chi connectivity index (χ2n) is 9.11. The highest BCUT2D eigenvalue weighted by Gasteiger charge is 2.31. The summed E-state index contributed by atoms with van der Waals surface area (Å²) in [6.45, 7) is 3.75. The molecule has 7 heteroatoms. The van der Waals surface area contributed by atoms with Crippen molar-refractivity contribution < 1.29 is 14.3 Å². The molecule has 0 aromatic heterocycles. The van der Waals surface area contributed by atoms with Gasteiger partial charge >= 0.3 is 6.03 Å². The summed E-state index contributed by atoms with van der Waals surface area (Å²) in [6.07, 6.45) is 7.99. The molecule has 0 radical (unpaired) electrons. The molecule has 31 heavy (non-hydrogen) atoms. The van der Waals surface area contributed by atoms with E-state index in [0.717, 1.165) is 30.6 Å². The molecular weight excluding hydrogens is 392 g/mol. The summed E-state index contributed by atoms with van der Waals surface area (Å²) in [4.78, 5) is 31.5. The number of ether oxygens (including phenoxy) is 1. The second-order valence-corrected chi connectivity index (χ2v) is 9.11. The molecule has 2 saturated heterocycles. The van der Waals surface area contributed by atoms with Crippen LogP contribution in [0.2, 0.25) is 0 Å². The number of carbonyl (C=O) groups excluding carboxylic acids is 2. The van der Waals surface area contributed by atoms with Gasteiger partial charge in [-0.3, -0.25) is 9.69 Å². The molecule has 0 spiro atoms. The van der Waals surface area contributed by atoms with Crippen LogP contribution in [0, 0.1) is 0 Å². The lowest BCUT2D eigenvalue weighted by molar-refractivity contribution is -0.142. The molecule has 7 nitrogen and oxygen atoms in total. The lowest BCUT2D eigenvalue weighted by Crippen LogP contribution is -2.53. The molecule has 1 atom stereocenters. The zero-order valence-electron chi connectivity index (χ0n) is 18.7. The maximum Gasteiger partial charge on any atom is 0.321 e. The zero-order chi connectivity index (χ0) is 21.6. The van der Waals surface area contributed by atoms with Gasteiger partial charge in [-0.05, 0) is 44.4 Å². The van der Waals surface area contributed by atoms with Crippen molar-refractivity contribution in [3.05, 3.63) is 29.8 Å². The van der Waals surface area contributed by atoms with Gasteiger partial charge in [0, 0.05) is 51.1 Å². The fraction of sp³-hybridized carbons (Fsp3) is 0.667. The minimum absolute atomic E-state index is 0.0775. The summed E-state index contributed by atoms with van der Waals surface area (Å²) >= 11 is 0. The van der Waals surface area contributed by atoms with Gasteiger partial charge in [0.05, 0.1) is 0 Å². The maximum absolute atomic E-state index is 12.9. The molecule has 2 aliphatic heterocycles. The van der Waals surface area contributed by atoms with Gasteiger partial charge in [-0.2, -0.15) is 0 Å². The number of nitrogens with one attached hydrogen (secondary N) is 1. The Balaban J connectivity index is 1.30. The third kappa shape index (κ3) is 5.57. The standard InChI is InChI=1S/C24H36N4O3/c1-26(20-9-3-2-4-10-20)18-19-8-5-6-11-21(19)25-24(30)28-15-13-27(14-16-28)23(29)22-12-7-17-31-22/h5-6,8,11,20,22H,2-4,7,9-10,12-18H2,1H3,(H,25,30)/t22-/m0/s1. The molecule has 3 aliphatic rings. The Morgan fingerprint density at radius 3 is 2.42 bits per heavy atom. The molecule has 170 valence electrons.